The van der Waals surface area contributed by atoms with Crippen LogP contribution in [-0.2, 0) is 4.79 Å². The highest BCUT2D eigenvalue weighted by molar-refractivity contribution is 6.42. The van der Waals surface area contributed by atoms with Crippen molar-refractivity contribution in [2.75, 3.05) is 5.32 Å². The number of amides is 1. The summed E-state index contributed by atoms with van der Waals surface area (Å²) >= 11 is 11.3. The van der Waals surface area contributed by atoms with Crippen LogP contribution in [0.5, 0.6) is 0 Å². The predicted molar refractivity (Wildman–Crippen MR) is 54.3 cm³/mol. The topological polar surface area (TPSA) is 80.9 Å². The van der Waals surface area contributed by atoms with E-state index < -0.39 is 6.04 Å². The van der Waals surface area contributed by atoms with E-state index in [-0.39, 0.29) is 21.9 Å². The zero-order chi connectivity index (χ0) is 10.7. The van der Waals surface area contributed by atoms with E-state index >= 15 is 0 Å². The largest absolute Gasteiger partial charge is 0.320 e. The number of hydrogen-bond acceptors (Lipinski definition) is 4. The van der Waals surface area contributed by atoms with Gasteiger partial charge in [-0.15, -0.1) is 0 Å². The summed E-state index contributed by atoms with van der Waals surface area (Å²) in [7, 11) is 0. The number of carbonyl (C=O) groups excluding carboxylic acids is 1. The summed E-state index contributed by atoms with van der Waals surface area (Å²) in [5, 5.41) is 2.60. The molecule has 3 N–H and O–H groups in total. The van der Waals surface area contributed by atoms with Crippen LogP contribution in [0.1, 0.15) is 6.92 Å². The molecule has 0 aliphatic rings. The van der Waals surface area contributed by atoms with Gasteiger partial charge < -0.3 is 11.1 Å². The van der Waals surface area contributed by atoms with Crippen LogP contribution < -0.4 is 11.1 Å². The second kappa shape index (κ2) is 4.54. The summed E-state index contributed by atoms with van der Waals surface area (Å²) in [5.41, 5.74) is 5.34. The van der Waals surface area contributed by atoms with Crippen molar-refractivity contribution in [3.8, 4) is 0 Å². The van der Waals surface area contributed by atoms with Crippen molar-refractivity contribution in [3.05, 3.63) is 16.5 Å². The van der Waals surface area contributed by atoms with Gasteiger partial charge in [0.1, 0.15) is 11.3 Å². The van der Waals surface area contributed by atoms with E-state index in [1.807, 2.05) is 0 Å². The van der Waals surface area contributed by atoms with Crippen LogP contribution >= 0.6 is 23.2 Å². The third-order valence-corrected chi connectivity index (χ3v) is 2.14. The molecule has 5 nitrogen and oxygen atoms in total. The summed E-state index contributed by atoms with van der Waals surface area (Å²) < 4.78 is 0. The second-order valence-corrected chi connectivity index (χ2v) is 3.34. The molecule has 0 aliphatic heterocycles. The summed E-state index contributed by atoms with van der Waals surface area (Å²) in [6, 6.07) is -0.639. The molecule has 0 fully saturated rings. The molecule has 76 valence electrons. The highest BCUT2D eigenvalue weighted by atomic mass is 35.5. The maximum atomic E-state index is 11.2. The lowest BCUT2D eigenvalue weighted by Crippen LogP contribution is -2.32. The van der Waals surface area contributed by atoms with Gasteiger partial charge in [0.15, 0.2) is 11.0 Å². The number of hydrogen-bond donors (Lipinski definition) is 2. The number of nitrogens with one attached hydrogen (secondary N) is 1. The van der Waals surface area contributed by atoms with Gasteiger partial charge in [-0.2, -0.15) is 0 Å². The summed E-state index contributed by atoms with van der Waals surface area (Å²) in [6.45, 7) is 1.55. The van der Waals surface area contributed by atoms with E-state index in [1.165, 1.54) is 6.33 Å². The van der Waals surface area contributed by atoms with E-state index in [4.69, 9.17) is 28.9 Å². The van der Waals surface area contributed by atoms with Crippen molar-refractivity contribution in [2.45, 2.75) is 13.0 Å². The van der Waals surface area contributed by atoms with Crippen LogP contribution in [0, 0.1) is 0 Å². The molecule has 0 aromatic carbocycles. The lowest BCUT2D eigenvalue weighted by Gasteiger charge is -2.07. The lowest BCUT2D eigenvalue weighted by molar-refractivity contribution is -0.117. The minimum Gasteiger partial charge on any atom is -0.320 e. The molecule has 1 unspecified atom stereocenters. The van der Waals surface area contributed by atoms with Crippen molar-refractivity contribution in [3.63, 3.8) is 0 Å². The van der Waals surface area contributed by atoms with E-state index in [9.17, 15) is 4.79 Å². The molecule has 1 heterocycles. The zero-order valence-corrected chi connectivity index (χ0v) is 8.80. The van der Waals surface area contributed by atoms with Gasteiger partial charge in [-0.25, -0.2) is 9.97 Å². The van der Waals surface area contributed by atoms with Crippen LogP contribution in [0.2, 0.25) is 10.2 Å². The number of anilines is 1. The summed E-state index contributed by atoms with van der Waals surface area (Å²) in [6.07, 6.45) is 1.20. The van der Waals surface area contributed by atoms with E-state index in [0.29, 0.717) is 0 Å². The normalized spacial score (nSPS) is 12.3. The van der Waals surface area contributed by atoms with Gasteiger partial charge in [-0.1, -0.05) is 23.2 Å². The third kappa shape index (κ3) is 2.54. The molecular weight excluding hydrogens is 227 g/mol. The molecule has 0 bridgehead atoms. The number of aromatic nitrogens is 2. The number of halogens is 2. The van der Waals surface area contributed by atoms with Gasteiger partial charge in [0, 0.05) is 0 Å². The van der Waals surface area contributed by atoms with Crippen LogP contribution in [0.4, 0.5) is 5.82 Å². The van der Waals surface area contributed by atoms with Crippen LogP contribution in [-0.4, -0.2) is 21.9 Å². The Morgan fingerprint density at radius 2 is 2.21 bits per heavy atom. The Bertz CT molecular complexity index is 356. The summed E-state index contributed by atoms with van der Waals surface area (Å²) in [5.74, 6) is -0.226. The maximum Gasteiger partial charge on any atom is 0.242 e. The van der Waals surface area contributed by atoms with E-state index in [2.05, 4.69) is 15.3 Å². The Balaban J connectivity index is 2.87. The molecule has 0 spiro atoms. The van der Waals surface area contributed by atoms with Gasteiger partial charge >= 0.3 is 0 Å². The number of rotatable bonds is 2. The number of nitrogens with two attached hydrogens (primary N) is 1. The third-order valence-electron chi connectivity index (χ3n) is 1.40. The fraction of sp³-hybridized carbons (Fsp3) is 0.286. The Hall–Kier alpha value is -0.910. The van der Waals surface area contributed by atoms with E-state index in [1.54, 1.807) is 6.92 Å². The first-order valence-electron chi connectivity index (χ1n) is 3.75. The van der Waals surface area contributed by atoms with Crippen molar-refractivity contribution in [1.82, 2.24) is 9.97 Å². The molecule has 1 aromatic rings. The average molecular weight is 235 g/mol. The van der Waals surface area contributed by atoms with Crippen LogP contribution in [0.15, 0.2) is 6.33 Å². The first-order valence-corrected chi connectivity index (χ1v) is 4.50. The highest BCUT2D eigenvalue weighted by Crippen LogP contribution is 2.25. The Labute approximate surface area is 90.6 Å². The van der Waals surface area contributed by atoms with Crippen molar-refractivity contribution in [1.29, 1.82) is 0 Å². The smallest absolute Gasteiger partial charge is 0.242 e. The van der Waals surface area contributed by atoms with Gasteiger partial charge in [-0.3, -0.25) is 4.79 Å². The first-order chi connectivity index (χ1) is 6.52. The minimum absolute atomic E-state index is 0.0849. The lowest BCUT2D eigenvalue weighted by atomic mass is 10.3. The Kier molecular flexibility index (Phi) is 3.62. The maximum absolute atomic E-state index is 11.2. The summed E-state index contributed by atoms with van der Waals surface area (Å²) in [4.78, 5) is 18.6. The molecule has 0 saturated carbocycles. The molecule has 14 heavy (non-hydrogen) atoms. The highest BCUT2D eigenvalue weighted by Gasteiger charge is 2.12. The molecule has 1 aromatic heterocycles. The molecular formula is C7H8Cl2N4O. The Morgan fingerprint density at radius 3 is 2.79 bits per heavy atom. The van der Waals surface area contributed by atoms with Gasteiger partial charge in [0.2, 0.25) is 5.91 Å². The van der Waals surface area contributed by atoms with E-state index in [0.717, 1.165) is 0 Å². The quantitative estimate of drug-likeness (QED) is 0.751. The van der Waals surface area contributed by atoms with Crippen molar-refractivity contribution in [2.24, 2.45) is 5.73 Å². The fourth-order valence-electron chi connectivity index (χ4n) is 0.666. The number of nitrogens with zero attached hydrogens (tertiary/aromatic N) is 2. The molecule has 1 atom stereocenters. The fourth-order valence-corrected chi connectivity index (χ4v) is 0.944. The van der Waals surface area contributed by atoms with Gasteiger partial charge in [0.25, 0.3) is 0 Å². The monoisotopic (exact) mass is 234 g/mol. The SMILES string of the molecule is CC(N)C(=O)Nc1ncnc(Cl)c1Cl. The zero-order valence-electron chi connectivity index (χ0n) is 7.29. The van der Waals surface area contributed by atoms with Gasteiger partial charge in [0.05, 0.1) is 6.04 Å². The minimum atomic E-state index is -0.639. The Morgan fingerprint density at radius 1 is 1.57 bits per heavy atom. The molecule has 0 aliphatic carbocycles. The average Bonchev–Trinajstić information content (AvgIpc) is 2.12. The molecule has 0 radical (unpaired) electrons. The first kappa shape index (κ1) is 11.2. The van der Waals surface area contributed by atoms with Crippen molar-refractivity contribution >= 4 is 34.9 Å². The van der Waals surface area contributed by atoms with Crippen LogP contribution in [0.25, 0.3) is 0 Å². The van der Waals surface area contributed by atoms with Gasteiger partial charge in [-0.05, 0) is 6.92 Å². The molecule has 0 saturated heterocycles. The number of carbonyl (C=O) groups is 1. The predicted octanol–water partition coefficient (Wildman–Crippen LogP) is 1.07. The second-order valence-electron chi connectivity index (χ2n) is 2.60. The molecule has 1 amide bonds. The van der Waals surface area contributed by atoms with Crippen molar-refractivity contribution < 1.29 is 4.79 Å². The molecule has 1 rings (SSSR count). The van der Waals surface area contributed by atoms with Crippen LogP contribution in [0.3, 0.4) is 0 Å². The molecule has 7 heteroatoms. The standard InChI is InChI=1S/C7H8Cl2N4O/c1-3(10)7(14)13-6-4(8)5(9)11-2-12-6/h2-3H,10H2,1H3,(H,11,12,13,14).